The van der Waals surface area contributed by atoms with E-state index in [-0.39, 0.29) is 18.6 Å². The number of carboxylic acid groups (broad SMARTS) is 1. The Hall–Kier alpha value is -3.54. The molecule has 0 saturated carbocycles. The predicted molar refractivity (Wildman–Crippen MR) is 114 cm³/mol. The second kappa shape index (κ2) is 7.61. The van der Waals surface area contributed by atoms with Crippen LogP contribution in [0.4, 0.5) is 0 Å². The van der Waals surface area contributed by atoms with Gasteiger partial charge in [-0.2, -0.15) is 0 Å². The molecular weight excluding hydrogens is 394 g/mol. The first-order valence-corrected chi connectivity index (χ1v) is 10.4. The number of rotatable bonds is 5. The number of benzene rings is 2. The number of aliphatic carboxylic acids is 1. The Morgan fingerprint density at radius 3 is 2.48 bits per heavy atom. The van der Waals surface area contributed by atoms with Crippen LogP contribution >= 0.6 is 0 Å². The molecule has 3 aromatic rings. The van der Waals surface area contributed by atoms with Gasteiger partial charge >= 0.3 is 5.97 Å². The summed E-state index contributed by atoms with van der Waals surface area (Å²) in [7, 11) is 1.62. The molecule has 0 amide bonds. The molecule has 2 aromatic carbocycles. The van der Waals surface area contributed by atoms with E-state index < -0.39 is 11.9 Å². The lowest BCUT2D eigenvalue weighted by Crippen LogP contribution is -2.24. The van der Waals surface area contributed by atoms with Gasteiger partial charge in [0.1, 0.15) is 5.75 Å². The Labute approximate surface area is 180 Å². The lowest BCUT2D eigenvalue weighted by atomic mass is 9.80. The second-order valence-corrected chi connectivity index (χ2v) is 7.84. The molecule has 158 valence electrons. The largest absolute Gasteiger partial charge is 0.497 e. The van der Waals surface area contributed by atoms with Gasteiger partial charge in [0.2, 0.25) is 6.79 Å². The fraction of sp³-hybridized carbons (Fsp3) is 0.280. The van der Waals surface area contributed by atoms with E-state index in [2.05, 4.69) is 6.92 Å². The molecule has 0 spiro atoms. The molecule has 31 heavy (non-hydrogen) atoms. The smallest absolute Gasteiger partial charge is 0.308 e. The van der Waals surface area contributed by atoms with Crippen molar-refractivity contribution < 1.29 is 24.1 Å². The van der Waals surface area contributed by atoms with E-state index in [1.807, 2.05) is 54.6 Å². The molecule has 6 heteroatoms. The molecule has 2 aliphatic rings. The number of hydrogen-bond acceptors (Lipinski definition) is 5. The Kier molecular flexibility index (Phi) is 4.77. The minimum Gasteiger partial charge on any atom is -0.497 e. The Morgan fingerprint density at radius 1 is 1.03 bits per heavy atom. The summed E-state index contributed by atoms with van der Waals surface area (Å²) in [5.41, 5.74) is 4.54. The van der Waals surface area contributed by atoms with Crippen molar-refractivity contribution in [2.75, 3.05) is 13.9 Å². The topological polar surface area (TPSA) is 77.9 Å². The van der Waals surface area contributed by atoms with Crippen LogP contribution in [-0.4, -0.2) is 30.0 Å². The lowest BCUT2D eigenvalue weighted by Gasteiger charge is -2.22. The van der Waals surface area contributed by atoms with Crippen LogP contribution in [0.1, 0.15) is 46.8 Å². The summed E-state index contributed by atoms with van der Waals surface area (Å²) in [5, 5.41) is 10.4. The van der Waals surface area contributed by atoms with Crippen molar-refractivity contribution in [2.45, 2.75) is 25.2 Å². The van der Waals surface area contributed by atoms with Crippen LogP contribution in [0.25, 0.3) is 0 Å². The summed E-state index contributed by atoms with van der Waals surface area (Å²) in [4.78, 5) is 17.5. The number of pyridine rings is 1. The van der Waals surface area contributed by atoms with Crippen molar-refractivity contribution in [3.05, 3.63) is 82.7 Å². The lowest BCUT2D eigenvalue weighted by molar-refractivity contribution is -0.142. The van der Waals surface area contributed by atoms with Crippen molar-refractivity contribution in [3.8, 4) is 17.2 Å². The highest BCUT2D eigenvalue weighted by Gasteiger charge is 2.47. The molecule has 3 atom stereocenters. The summed E-state index contributed by atoms with van der Waals surface area (Å²) in [6.45, 7) is 2.23. The van der Waals surface area contributed by atoms with E-state index in [4.69, 9.17) is 19.2 Å². The molecule has 2 heterocycles. The van der Waals surface area contributed by atoms with Crippen molar-refractivity contribution in [3.63, 3.8) is 0 Å². The Balaban J connectivity index is 1.68. The molecule has 1 aliphatic carbocycles. The molecule has 6 nitrogen and oxygen atoms in total. The quantitative estimate of drug-likeness (QED) is 0.665. The number of hydrogen-bond donors (Lipinski definition) is 1. The van der Waals surface area contributed by atoms with Crippen LogP contribution < -0.4 is 14.2 Å². The average molecular weight is 417 g/mol. The maximum absolute atomic E-state index is 12.6. The van der Waals surface area contributed by atoms with Crippen molar-refractivity contribution in [1.29, 1.82) is 0 Å². The van der Waals surface area contributed by atoms with Crippen molar-refractivity contribution in [2.24, 2.45) is 5.92 Å². The zero-order valence-corrected chi connectivity index (χ0v) is 17.4. The minimum atomic E-state index is -0.848. The first kappa shape index (κ1) is 19.4. The van der Waals surface area contributed by atoms with Gasteiger partial charge in [-0.15, -0.1) is 0 Å². The van der Waals surface area contributed by atoms with E-state index in [0.717, 1.165) is 40.2 Å². The standard InChI is InChI=1S/C25H23NO5/c1-3-16-7-10-18-21(15-6-11-19-20(12-15)31-13-30-19)23(25(27)28)22(24(18)26-16)14-4-8-17(29-2)9-5-14/h4-12,21-23H,3,13H2,1-2H3,(H,27,28)/t21-,22-,23+/m0/s1. The van der Waals surface area contributed by atoms with Gasteiger partial charge in [0, 0.05) is 17.5 Å². The van der Waals surface area contributed by atoms with Gasteiger partial charge < -0.3 is 19.3 Å². The number of carboxylic acids is 1. The van der Waals surface area contributed by atoms with Gasteiger partial charge in [-0.1, -0.05) is 31.2 Å². The number of nitrogens with zero attached hydrogens (tertiary/aromatic N) is 1. The Bertz CT molecular complexity index is 1140. The van der Waals surface area contributed by atoms with E-state index in [9.17, 15) is 9.90 Å². The third kappa shape index (κ3) is 3.19. The highest BCUT2D eigenvalue weighted by Crippen LogP contribution is 2.53. The van der Waals surface area contributed by atoms with E-state index in [0.29, 0.717) is 11.5 Å². The molecule has 0 radical (unpaired) electrons. The van der Waals surface area contributed by atoms with Crippen molar-refractivity contribution >= 4 is 5.97 Å². The normalized spacial score (nSPS) is 21.0. The number of fused-ring (bicyclic) bond motifs is 2. The summed E-state index contributed by atoms with van der Waals surface area (Å²) >= 11 is 0. The van der Waals surface area contributed by atoms with Crippen LogP contribution in [0, 0.1) is 5.92 Å². The number of aromatic nitrogens is 1. The number of ether oxygens (including phenoxy) is 3. The monoisotopic (exact) mass is 417 g/mol. The first-order chi connectivity index (χ1) is 15.1. The van der Waals surface area contributed by atoms with Crippen LogP contribution in [0.2, 0.25) is 0 Å². The summed E-state index contributed by atoms with van der Waals surface area (Å²) < 4.78 is 16.3. The molecular formula is C25H23NO5. The highest BCUT2D eigenvalue weighted by molar-refractivity contribution is 5.77. The fourth-order valence-electron chi connectivity index (χ4n) is 4.75. The average Bonchev–Trinajstić information content (AvgIpc) is 3.40. The molecule has 0 unspecified atom stereocenters. The van der Waals surface area contributed by atoms with Crippen LogP contribution in [0.15, 0.2) is 54.6 Å². The third-order valence-corrected chi connectivity index (χ3v) is 6.24. The zero-order chi connectivity index (χ0) is 21.5. The maximum Gasteiger partial charge on any atom is 0.308 e. The van der Waals surface area contributed by atoms with Crippen molar-refractivity contribution in [1.82, 2.24) is 4.98 Å². The number of carbonyl (C=O) groups is 1. The second-order valence-electron chi connectivity index (χ2n) is 7.84. The van der Waals surface area contributed by atoms with E-state index in [1.165, 1.54) is 0 Å². The van der Waals surface area contributed by atoms with Gasteiger partial charge in [0.15, 0.2) is 11.5 Å². The summed E-state index contributed by atoms with van der Waals surface area (Å²) in [5.74, 6) is -0.179. The third-order valence-electron chi connectivity index (χ3n) is 6.24. The predicted octanol–water partition coefficient (Wildman–Crippen LogP) is 4.36. The number of methoxy groups -OCH3 is 1. The molecule has 0 bridgehead atoms. The van der Waals surface area contributed by atoms with Crippen LogP contribution in [0.3, 0.4) is 0 Å². The SMILES string of the molecule is CCc1ccc2c(n1)[C@@H](c1ccc(OC)cc1)[C@H](C(=O)O)[C@H]2c1ccc2c(c1)OCO2. The van der Waals surface area contributed by atoms with Gasteiger partial charge in [0.05, 0.1) is 18.7 Å². The molecule has 1 aliphatic heterocycles. The molecule has 1 aromatic heterocycles. The number of aryl methyl sites for hydroxylation is 1. The van der Waals surface area contributed by atoms with Gasteiger partial charge in [-0.3, -0.25) is 9.78 Å². The van der Waals surface area contributed by atoms with Gasteiger partial charge in [-0.05, 0) is 53.4 Å². The maximum atomic E-state index is 12.6. The van der Waals surface area contributed by atoms with Gasteiger partial charge in [0.25, 0.3) is 0 Å². The molecule has 0 saturated heterocycles. The first-order valence-electron chi connectivity index (χ1n) is 10.4. The van der Waals surface area contributed by atoms with E-state index in [1.54, 1.807) is 7.11 Å². The van der Waals surface area contributed by atoms with Gasteiger partial charge in [-0.25, -0.2) is 0 Å². The molecule has 1 N–H and O–H groups in total. The minimum absolute atomic E-state index is 0.179. The summed E-state index contributed by atoms with van der Waals surface area (Å²) in [6, 6.07) is 17.3. The fourth-order valence-corrected chi connectivity index (χ4v) is 4.75. The Morgan fingerprint density at radius 2 is 1.77 bits per heavy atom. The van der Waals surface area contributed by atoms with Crippen LogP contribution in [0.5, 0.6) is 17.2 Å². The highest BCUT2D eigenvalue weighted by atomic mass is 16.7. The molecule has 0 fully saturated rings. The van der Waals surface area contributed by atoms with Crippen LogP contribution in [-0.2, 0) is 11.2 Å². The zero-order valence-electron chi connectivity index (χ0n) is 17.4. The van der Waals surface area contributed by atoms with E-state index >= 15 is 0 Å². The summed E-state index contributed by atoms with van der Waals surface area (Å²) in [6.07, 6.45) is 0.787. The molecule has 5 rings (SSSR count).